The highest BCUT2D eigenvalue weighted by molar-refractivity contribution is 5.68. The molecular weight excluding hydrogens is 288 g/mol. The number of aromatic hydroxyl groups is 1. The fraction of sp³-hybridized carbons (Fsp3) is 0.211. The maximum atomic E-state index is 10.6. The van der Waals surface area contributed by atoms with E-state index in [4.69, 9.17) is 4.74 Å². The summed E-state index contributed by atoms with van der Waals surface area (Å²) in [6.07, 6.45) is 0.691. The van der Waals surface area contributed by atoms with E-state index in [-0.39, 0.29) is 5.75 Å². The molecule has 1 heterocycles. The van der Waals surface area contributed by atoms with E-state index in [0.717, 1.165) is 22.7 Å². The Bertz CT molecular complexity index is 803. The molecule has 0 saturated carbocycles. The summed E-state index contributed by atoms with van der Waals surface area (Å²) in [5, 5.41) is 15.2. The molecule has 0 fully saturated rings. The second-order valence-electron chi connectivity index (χ2n) is 5.47. The Hall–Kier alpha value is -2.75. The number of aromatic nitrogens is 2. The third-order valence-corrected chi connectivity index (χ3v) is 3.93. The highest BCUT2D eigenvalue weighted by Gasteiger charge is 2.18. The Kier molecular flexibility index (Phi) is 4.06. The number of rotatable bonds is 4. The molecule has 0 aliphatic heterocycles. The monoisotopic (exact) mass is 308 g/mol. The van der Waals surface area contributed by atoms with Gasteiger partial charge in [0.2, 0.25) is 0 Å². The molecule has 3 aromatic rings. The zero-order valence-electron chi connectivity index (χ0n) is 13.6. The van der Waals surface area contributed by atoms with Crippen molar-refractivity contribution in [2.75, 3.05) is 7.11 Å². The van der Waals surface area contributed by atoms with Gasteiger partial charge in [0.05, 0.1) is 18.5 Å². The average Bonchev–Trinajstić information content (AvgIpc) is 2.92. The van der Waals surface area contributed by atoms with E-state index in [1.807, 2.05) is 62.4 Å². The topological polar surface area (TPSA) is 47.3 Å². The third kappa shape index (κ3) is 2.80. The molecule has 23 heavy (non-hydrogen) atoms. The molecule has 0 atom stereocenters. The number of nitrogens with zero attached hydrogens (tertiary/aromatic N) is 2. The van der Waals surface area contributed by atoms with Gasteiger partial charge in [-0.15, -0.1) is 0 Å². The first-order valence-corrected chi connectivity index (χ1v) is 7.66. The third-order valence-electron chi connectivity index (χ3n) is 3.93. The van der Waals surface area contributed by atoms with E-state index < -0.39 is 0 Å². The van der Waals surface area contributed by atoms with Gasteiger partial charge in [-0.05, 0) is 37.6 Å². The number of benzene rings is 2. The molecule has 0 unspecified atom stereocenters. The van der Waals surface area contributed by atoms with Gasteiger partial charge in [-0.3, -0.25) is 0 Å². The van der Waals surface area contributed by atoms with Crippen LogP contribution < -0.4 is 4.74 Å². The second kappa shape index (κ2) is 6.16. The van der Waals surface area contributed by atoms with E-state index in [9.17, 15) is 5.11 Å². The Morgan fingerprint density at radius 1 is 1.04 bits per heavy atom. The lowest BCUT2D eigenvalue weighted by molar-refractivity contribution is 0.414. The fourth-order valence-corrected chi connectivity index (χ4v) is 2.60. The first kappa shape index (κ1) is 15.2. The smallest absolute Gasteiger partial charge is 0.165 e. The van der Waals surface area contributed by atoms with Crippen LogP contribution in [0.25, 0.3) is 16.9 Å². The summed E-state index contributed by atoms with van der Waals surface area (Å²) in [7, 11) is 1.64. The summed E-state index contributed by atoms with van der Waals surface area (Å²) in [6.45, 7) is 4.05. The zero-order chi connectivity index (χ0) is 16.4. The van der Waals surface area contributed by atoms with Crippen LogP contribution in [0.4, 0.5) is 0 Å². The van der Waals surface area contributed by atoms with E-state index in [1.54, 1.807) is 11.8 Å². The molecule has 4 nitrogen and oxygen atoms in total. The van der Waals surface area contributed by atoms with Crippen LogP contribution in [0, 0.1) is 6.92 Å². The maximum Gasteiger partial charge on any atom is 0.165 e. The maximum absolute atomic E-state index is 10.6. The van der Waals surface area contributed by atoms with E-state index in [1.165, 1.54) is 5.56 Å². The van der Waals surface area contributed by atoms with Crippen LogP contribution in [0.15, 0.2) is 48.5 Å². The molecule has 0 aliphatic rings. The predicted octanol–water partition coefficient (Wildman–Crippen LogP) is 4.12. The molecule has 3 rings (SSSR count). The van der Waals surface area contributed by atoms with Gasteiger partial charge in [0, 0.05) is 5.56 Å². The molecule has 2 aromatic carbocycles. The largest absolute Gasteiger partial charge is 0.504 e. The normalized spacial score (nSPS) is 10.7. The molecular formula is C19H20N2O2. The minimum Gasteiger partial charge on any atom is -0.504 e. The van der Waals surface area contributed by atoms with Crippen LogP contribution in [-0.2, 0) is 6.42 Å². The molecule has 0 bridgehead atoms. The Balaban J connectivity index is 2.10. The van der Waals surface area contributed by atoms with E-state index in [0.29, 0.717) is 12.1 Å². The minimum absolute atomic E-state index is 0.243. The highest BCUT2D eigenvalue weighted by Crippen LogP contribution is 2.33. The predicted molar refractivity (Wildman–Crippen MR) is 91.3 cm³/mol. The van der Waals surface area contributed by atoms with Crippen molar-refractivity contribution >= 4 is 0 Å². The van der Waals surface area contributed by atoms with Gasteiger partial charge in [-0.1, -0.05) is 36.8 Å². The van der Waals surface area contributed by atoms with Crippen molar-refractivity contribution in [2.45, 2.75) is 20.3 Å². The lowest BCUT2D eigenvalue weighted by atomic mass is 10.1. The highest BCUT2D eigenvalue weighted by atomic mass is 16.5. The van der Waals surface area contributed by atoms with Crippen molar-refractivity contribution in [2.24, 2.45) is 0 Å². The van der Waals surface area contributed by atoms with Crippen molar-refractivity contribution in [3.05, 3.63) is 59.8 Å². The van der Waals surface area contributed by atoms with Crippen molar-refractivity contribution in [3.63, 3.8) is 0 Å². The molecule has 0 saturated heterocycles. The Morgan fingerprint density at radius 3 is 2.26 bits per heavy atom. The number of ether oxygens (including phenoxy) is 1. The summed E-state index contributed by atoms with van der Waals surface area (Å²) < 4.78 is 6.99. The summed E-state index contributed by atoms with van der Waals surface area (Å²) in [5.41, 5.74) is 4.40. The van der Waals surface area contributed by atoms with Gasteiger partial charge < -0.3 is 9.84 Å². The number of hydrogen-bond acceptors (Lipinski definition) is 3. The Morgan fingerprint density at radius 2 is 1.70 bits per heavy atom. The van der Waals surface area contributed by atoms with Crippen LogP contribution in [0.5, 0.6) is 11.5 Å². The zero-order valence-corrected chi connectivity index (χ0v) is 13.6. The quantitative estimate of drug-likeness (QED) is 0.788. The molecule has 0 aliphatic carbocycles. The van der Waals surface area contributed by atoms with Gasteiger partial charge >= 0.3 is 0 Å². The lowest BCUT2D eigenvalue weighted by Gasteiger charge is -2.06. The van der Waals surface area contributed by atoms with Gasteiger partial charge in [0.1, 0.15) is 11.4 Å². The fourth-order valence-electron chi connectivity index (χ4n) is 2.60. The van der Waals surface area contributed by atoms with Crippen LogP contribution in [-0.4, -0.2) is 22.0 Å². The first-order valence-electron chi connectivity index (χ1n) is 7.66. The molecule has 0 radical (unpaired) electrons. The van der Waals surface area contributed by atoms with Crippen molar-refractivity contribution in [1.29, 1.82) is 0 Å². The standard InChI is InChI=1S/C19H20N2O2/c1-4-17-19(22)18(14-7-5-13(2)6-8-14)20-21(17)15-9-11-16(23-3)12-10-15/h5-12,22H,4H2,1-3H3. The van der Waals surface area contributed by atoms with Crippen LogP contribution in [0.3, 0.4) is 0 Å². The van der Waals surface area contributed by atoms with Gasteiger partial charge in [-0.25, -0.2) is 4.68 Å². The van der Waals surface area contributed by atoms with E-state index in [2.05, 4.69) is 5.10 Å². The summed E-state index contributed by atoms with van der Waals surface area (Å²) in [6, 6.07) is 15.6. The van der Waals surface area contributed by atoms with E-state index >= 15 is 0 Å². The number of aryl methyl sites for hydroxylation is 1. The average molecular weight is 308 g/mol. The molecule has 118 valence electrons. The van der Waals surface area contributed by atoms with Gasteiger partial charge in [0.25, 0.3) is 0 Å². The second-order valence-corrected chi connectivity index (χ2v) is 5.47. The molecule has 1 N–H and O–H groups in total. The van der Waals surface area contributed by atoms with Gasteiger partial charge in [0.15, 0.2) is 5.75 Å². The van der Waals surface area contributed by atoms with Crippen LogP contribution in [0.1, 0.15) is 18.2 Å². The number of hydrogen-bond donors (Lipinski definition) is 1. The summed E-state index contributed by atoms with van der Waals surface area (Å²) in [5.74, 6) is 1.04. The lowest BCUT2D eigenvalue weighted by Crippen LogP contribution is -2.01. The van der Waals surface area contributed by atoms with Crippen LogP contribution >= 0.6 is 0 Å². The van der Waals surface area contributed by atoms with Crippen LogP contribution in [0.2, 0.25) is 0 Å². The molecule has 4 heteroatoms. The molecule has 0 amide bonds. The van der Waals surface area contributed by atoms with Crippen molar-refractivity contribution in [1.82, 2.24) is 9.78 Å². The first-order chi connectivity index (χ1) is 11.1. The molecule has 0 spiro atoms. The summed E-state index contributed by atoms with van der Waals surface area (Å²) in [4.78, 5) is 0. The number of methoxy groups -OCH3 is 1. The SMILES string of the molecule is CCc1c(O)c(-c2ccc(C)cc2)nn1-c1ccc(OC)cc1. The molecule has 1 aromatic heterocycles. The van der Waals surface area contributed by atoms with Gasteiger partial charge in [-0.2, -0.15) is 5.10 Å². The Labute approximate surface area is 136 Å². The van der Waals surface area contributed by atoms with Crippen molar-refractivity contribution in [3.8, 4) is 28.4 Å². The minimum atomic E-state index is 0.243. The van der Waals surface area contributed by atoms with Crippen molar-refractivity contribution < 1.29 is 9.84 Å². The summed E-state index contributed by atoms with van der Waals surface area (Å²) >= 11 is 0.